The molecule has 0 heterocycles. The van der Waals surface area contributed by atoms with Gasteiger partial charge in [0.1, 0.15) is 5.75 Å². The molecule has 1 unspecified atom stereocenters. The van der Waals surface area contributed by atoms with E-state index in [0.29, 0.717) is 5.69 Å². The molecule has 3 nitrogen and oxygen atoms in total. The number of nitrogen functional groups attached to an aromatic ring is 1. The van der Waals surface area contributed by atoms with E-state index < -0.39 is 0 Å². The molecule has 0 aliphatic heterocycles. The van der Waals surface area contributed by atoms with E-state index in [2.05, 4.69) is 12.2 Å². The third-order valence-electron chi connectivity index (χ3n) is 3.47. The van der Waals surface area contributed by atoms with Gasteiger partial charge >= 0.3 is 0 Å². The van der Waals surface area contributed by atoms with Crippen LogP contribution in [0.2, 0.25) is 0 Å². The summed E-state index contributed by atoms with van der Waals surface area (Å²) >= 11 is 0. The summed E-state index contributed by atoms with van der Waals surface area (Å²) in [5.41, 5.74) is 7.83. The van der Waals surface area contributed by atoms with Gasteiger partial charge in [0.25, 0.3) is 0 Å². The van der Waals surface area contributed by atoms with Crippen molar-refractivity contribution in [3.8, 4) is 5.75 Å². The highest BCUT2D eigenvalue weighted by molar-refractivity contribution is 5.72. The molecule has 0 saturated heterocycles. The molecule has 1 aromatic carbocycles. The van der Waals surface area contributed by atoms with Crippen LogP contribution in [0.15, 0.2) is 18.2 Å². The normalized spacial score (nSPS) is 16.7. The summed E-state index contributed by atoms with van der Waals surface area (Å²) in [5, 5.41) is 3.44. The van der Waals surface area contributed by atoms with Gasteiger partial charge < -0.3 is 15.8 Å². The molecule has 1 aliphatic rings. The first-order valence-corrected chi connectivity index (χ1v) is 6.87. The average molecular weight is 248 g/mol. The highest BCUT2D eigenvalue weighted by atomic mass is 16.5. The molecular weight excluding hydrogens is 224 g/mol. The number of ether oxygens (including phenoxy) is 1. The van der Waals surface area contributed by atoms with Crippen molar-refractivity contribution < 1.29 is 4.74 Å². The second kappa shape index (κ2) is 5.51. The zero-order chi connectivity index (χ0) is 13.1. The van der Waals surface area contributed by atoms with Gasteiger partial charge in [-0.1, -0.05) is 13.0 Å². The number of benzene rings is 1. The minimum atomic E-state index is 0.146. The molecule has 100 valence electrons. The summed E-state index contributed by atoms with van der Waals surface area (Å²) in [6, 6.07) is 5.92. The van der Waals surface area contributed by atoms with Crippen LogP contribution < -0.4 is 15.8 Å². The van der Waals surface area contributed by atoms with Crippen LogP contribution in [0.25, 0.3) is 0 Å². The SMILES string of the molecule is CC(C)Oc1cccc(NCC(C)C2CC2)c1N. The van der Waals surface area contributed by atoms with Gasteiger partial charge in [-0.2, -0.15) is 0 Å². The maximum Gasteiger partial charge on any atom is 0.144 e. The number of hydrogen-bond donors (Lipinski definition) is 2. The molecule has 1 fully saturated rings. The zero-order valence-electron chi connectivity index (χ0n) is 11.6. The summed E-state index contributed by atoms with van der Waals surface area (Å²) in [5.74, 6) is 2.40. The van der Waals surface area contributed by atoms with Crippen LogP contribution in [0.3, 0.4) is 0 Å². The van der Waals surface area contributed by atoms with Crippen LogP contribution in [0, 0.1) is 11.8 Å². The van der Waals surface area contributed by atoms with Crippen molar-refractivity contribution in [2.75, 3.05) is 17.6 Å². The van der Waals surface area contributed by atoms with Crippen LogP contribution in [0.1, 0.15) is 33.6 Å². The molecule has 2 rings (SSSR count). The van der Waals surface area contributed by atoms with Crippen molar-refractivity contribution in [1.82, 2.24) is 0 Å². The topological polar surface area (TPSA) is 47.3 Å². The standard InChI is InChI=1S/C15H24N2O/c1-10(2)18-14-6-4-5-13(15(14)16)17-9-11(3)12-7-8-12/h4-6,10-12,17H,7-9,16H2,1-3H3. The Labute approximate surface area is 110 Å². The predicted octanol–water partition coefficient (Wildman–Crippen LogP) is 3.51. The van der Waals surface area contributed by atoms with Crippen molar-refractivity contribution in [2.45, 2.75) is 39.7 Å². The zero-order valence-corrected chi connectivity index (χ0v) is 11.6. The number of para-hydroxylation sites is 1. The summed E-state index contributed by atoms with van der Waals surface area (Å²) in [4.78, 5) is 0. The molecule has 0 amide bonds. The van der Waals surface area contributed by atoms with Crippen LogP contribution in [0.5, 0.6) is 5.75 Å². The minimum Gasteiger partial charge on any atom is -0.489 e. The van der Waals surface area contributed by atoms with Crippen molar-refractivity contribution in [3.05, 3.63) is 18.2 Å². The van der Waals surface area contributed by atoms with E-state index in [4.69, 9.17) is 10.5 Å². The van der Waals surface area contributed by atoms with E-state index in [0.717, 1.165) is 29.8 Å². The average Bonchev–Trinajstić information content (AvgIpc) is 3.13. The van der Waals surface area contributed by atoms with Crippen molar-refractivity contribution in [2.24, 2.45) is 11.8 Å². The van der Waals surface area contributed by atoms with Crippen LogP contribution in [-0.2, 0) is 0 Å². The van der Waals surface area contributed by atoms with Crippen LogP contribution in [-0.4, -0.2) is 12.6 Å². The van der Waals surface area contributed by atoms with Gasteiger partial charge in [0.05, 0.1) is 17.5 Å². The highest BCUT2D eigenvalue weighted by Crippen LogP contribution is 2.37. The molecule has 1 atom stereocenters. The summed E-state index contributed by atoms with van der Waals surface area (Å²) < 4.78 is 5.69. The maximum atomic E-state index is 6.12. The lowest BCUT2D eigenvalue weighted by Crippen LogP contribution is -2.14. The molecule has 1 aromatic rings. The minimum absolute atomic E-state index is 0.146. The van der Waals surface area contributed by atoms with E-state index >= 15 is 0 Å². The number of hydrogen-bond acceptors (Lipinski definition) is 3. The van der Waals surface area contributed by atoms with Crippen molar-refractivity contribution >= 4 is 11.4 Å². The monoisotopic (exact) mass is 248 g/mol. The van der Waals surface area contributed by atoms with Crippen molar-refractivity contribution in [3.63, 3.8) is 0 Å². The number of nitrogens with one attached hydrogen (secondary N) is 1. The predicted molar refractivity (Wildman–Crippen MR) is 77.0 cm³/mol. The first kappa shape index (κ1) is 13.1. The number of anilines is 2. The van der Waals surface area contributed by atoms with Gasteiger partial charge in [0.2, 0.25) is 0 Å². The molecule has 18 heavy (non-hydrogen) atoms. The van der Waals surface area contributed by atoms with E-state index in [1.54, 1.807) is 0 Å². The first-order chi connectivity index (χ1) is 8.58. The van der Waals surface area contributed by atoms with Crippen LogP contribution in [0.4, 0.5) is 11.4 Å². The molecule has 0 radical (unpaired) electrons. The third kappa shape index (κ3) is 3.31. The Kier molecular flexibility index (Phi) is 4.00. The van der Waals surface area contributed by atoms with E-state index in [1.807, 2.05) is 32.0 Å². The fourth-order valence-corrected chi connectivity index (χ4v) is 2.16. The molecule has 0 spiro atoms. The molecule has 3 heteroatoms. The van der Waals surface area contributed by atoms with Crippen LogP contribution >= 0.6 is 0 Å². The van der Waals surface area contributed by atoms with Crippen molar-refractivity contribution in [1.29, 1.82) is 0 Å². The smallest absolute Gasteiger partial charge is 0.144 e. The molecule has 0 aromatic heterocycles. The highest BCUT2D eigenvalue weighted by Gasteiger charge is 2.27. The number of rotatable bonds is 6. The summed E-state index contributed by atoms with van der Waals surface area (Å²) in [6.45, 7) is 7.30. The number of nitrogens with two attached hydrogens (primary N) is 1. The Bertz CT molecular complexity index is 399. The lowest BCUT2D eigenvalue weighted by atomic mass is 10.1. The maximum absolute atomic E-state index is 6.12. The first-order valence-electron chi connectivity index (χ1n) is 6.87. The van der Waals surface area contributed by atoms with Gasteiger partial charge in [0, 0.05) is 6.54 Å². The molecular formula is C15H24N2O. The molecule has 3 N–H and O–H groups in total. The second-order valence-electron chi connectivity index (χ2n) is 5.58. The largest absolute Gasteiger partial charge is 0.489 e. The molecule has 0 bridgehead atoms. The Morgan fingerprint density at radius 2 is 2.06 bits per heavy atom. The van der Waals surface area contributed by atoms with E-state index in [-0.39, 0.29) is 6.10 Å². The Morgan fingerprint density at radius 3 is 2.67 bits per heavy atom. The van der Waals surface area contributed by atoms with Gasteiger partial charge in [-0.25, -0.2) is 0 Å². The van der Waals surface area contributed by atoms with Gasteiger partial charge in [-0.3, -0.25) is 0 Å². The fourth-order valence-electron chi connectivity index (χ4n) is 2.16. The quantitative estimate of drug-likeness (QED) is 0.757. The molecule has 1 saturated carbocycles. The van der Waals surface area contributed by atoms with Gasteiger partial charge in [-0.05, 0) is 50.7 Å². The Balaban J connectivity index is 1.98. The second-order valence-corrected chi connectivity index (χ2v) is 5.58. The lowest BCUT2D eigenvalue weighted by molar-refractivity contribution is 0.244. The summed E-state index contributed by atoms with van der Waals surface area (Å²) in [6.07, 6.45) is 2.91. The third-order valence-corrected chi connectivity index (χ3v) is 3.47. The Morgan fingerprint density at radius 1 is 1.33 bits per heavy atom. The van der Waals surface area contributed by atoms with Gasteiger partial charge in [0.15, 0.2) is 0 Å². The van der Waals surface area contributed by atoms with E-state index in [1.165, 1.54) is 12.8 Å². The molecule has 1 aliphatic carbocycles. The fraction of sp³-hybridized carbons (Fsp3) is 0.600. The van der Waals surface area contributed by atoms with Gasteiger partial charge in [-0.15, -0.1) is 0 Å². The summed E-state index contributed by atoms with van der Waals surface area (Å²) in [7, 11) is 0. The Hall–Kier alpha value is -1.38. The van der Waals surface area contributed by atoms with E-state index in [9.17, 15) is 0 Å². The lowest BCUT2D eigenvalue weighted by Gasteiger charge is -2.17.